The molecule has 2 fully saturated rings. The first kappa shape index (κ1) is 17.0. The molecule has 0 unspecified atom stereocenters. The molecule has 3 amide bonds. The van der Waals surface area contributed by atoms with Gasteiger partial charge in [0.25, 0.3) is 5.91 Å². The molecule has 0 radical (unpaired) electrons. The van der Waals surface area contributed by atoms with E-state index in [0.29, 0.717) is 24.3 Å². The molecule has 2 aromatic rings. The number of anilines is 1. The number of hydrogen-bond donors (Lipinski definition) is 1. The van der Waals surface area contributed by atoms with Crippen molar-refractivity contribution in [2.24, 2.45) is 5.92 Å². The summed E-state index contributed by atoms with van der Waals surface area (Å²) in [6.07, 6.45) is 1.87. The van der Waals surface area contributed by atoms with Crippen molar-refractivity contribution in [1.29, 1.82) is 0 Å². The topological polar surface area (TPSA) is 69.7 Å². The molecule has 1 saturated heterocycles. The number of piperazine rings is 1. The predicted octanol–water partition coefficient (Wildman–Crippen LogP) is 2.37. The van der Waals surface area contributed by atoms with Gasteiger partial charge in [0, 0.05) is 19.0 Å². The van der Waals surface area contributed by atoms with Crippen LogP contribution in [0.1, 0.15) is 23.2 Å². The molecule has 5 rings (SSSR count). The second kappa shape index (κ2) is 6.48. The molecule has 1 aliphatic carbocycles. The van der Waals surface area contributed by atoms with E-state index in [2.05, 4.69) is 5.32 Å². The highest BCUT2D eigenvalue weighted by Crippen LogP contribution is 2.33. The van der Waals surface area contributed by atoms with Crippen LogP contribution >= 0.6 is 0 Å². The van der Waals surface area contributed by atoms with Crippen molar-refractivity contribution >= 4 is 23.4 Å². The lowest BCUT2D eigenvalue weighted by molar-refractivity contribution is -0.136. The molecule has 6 nitrogen and oxygen atoms in total. The van der Waals surface area contributed by atoms with Crippen LogP contribution in [0, 0.1) is 5.92 Å². The van der Waals surface area contributed by atoms with Gasteiger partial charge in [-0.1, -0.05) is 36.4 Å². The van der Waals surface area contributed by atoms with Gasteiger partial charge in [0.2, 0.25) is 11.8 Å². The van der Waals surface area contributed by atoms with E-state index < -0.39 is 6.04 Å². The second-order valence-electron chi connectivity index (χ2n) is 7.69. The second-order valence-corrected chi connectivity index (χ2v) is 7.69. The summed E-state index contributed by atoms with van der Waals surface area (Å²) in [7, 11) is 0. The van der Waals surface area contributed by atoms with E-state index in [-0.39, 0.29) is 30.2 Å². The third-order valence-corrected chi connectivity index (χ3v) is 5.80. The third kappa shape index (κ3) is 2.85. The Kier molecular flexibility index (Phi) is 3.93. The summed E-state index contributed by atoms with van der Waals surface area (Å²) in [5.41, 5.74) is 2.98. The fourth-order valence-electron chi connectivity index (χ4n) is 4.05. The number of rotatable bonds is 2. The van der Waals surface area contributed by atoms with Gasteiger partial charge in [-0.2, -0.15) is 0 Å². The van der Waals surface area contributed by atoms with Gasteiger partial charge in [-0.15, -0.1) is 0 Å². The quantitative estimate of drug-likeness (QED) is 0.876. The zero-order chi connectivity index (χ0) is 19.3. The van der Waals surface area contributed by atoms with E-state index in [1.807, 2.05) is 42.5 Å². The fourth-order valence-corrected chi connectivity index (χ4v) is 4.05. The maximum atomic E-state index is 13.3. The fraction of sp³-hybridized carbons (Fsp3) is 0.318. The molecule has 0 bridgehead atoms. The molecular weight excluding hydrogens is 354 g/mol. The number of nitrogens with zero attached hydrogens (tertiary/aromatic N) is 2. The van der Waals surface area contributed by atoms with Gasteiger partial charge in [0.15, 0.2) is 0 Å². The third-order valence-electron chi connectivity index (χ3n) is 5.80. The highest BCUT2D eigenvalue weighted by Gasteiger charge is 2.43. The largest absolute Gasteiger partial charge is 0.338 e. The van der Waals surface area contributed by atoms with Crippen molar-refractivity contribution in [2.45, 2.75) is 18.9 Å². The Hall–Kier alpha value is -3.15. The summed E-state index contributed by atoms with van der Waals surface area (Å²) >= 11 is 0. The molecule has 28 heavy (non-hydrogen) atoms. The number of carbonyl (C=O) groups excluding carboxylic acids is 3. The summed E-state index contributed by atoms with van der Waals surface area (Å²) < 4.78 is 0. The number of benzene rings is 2. The maximum Gasteiger partial charge on any atom is 0.256 e. The highest BCUT2D eigenvalue weighted by molar-refractivity contribution is 6.10. The van der Waals surface area contributed by atoms with Crippen LogP contribution in [0.25, 0.3) is 11.1 Å². The lowest BCUT2D eigenvalue weighted by Crippen LogP contribution is -2.59. The molecule has 0 spiro atoms. The Bertz CT molecular complexity index is 968. The van der Waals surface area contributed by atoms with Gasteiger partial charge in [0.1, 0.15) is 6.04 Å². The summed E-state index contributed by atoms with van der Waals surface area (Å²) in [6, 6.07) is 14.8. The monoisotopic (exact) mass is 375 g/mol. The number of fused-ring (bicyclic) bond motifs is 2. The molecule has 6 heteroatoms. The Morgan fingerprint density at radius 2 is 1.75 bits per heavy atom. The van der Waals surface area contributed by atoms with Crippen LogP contribution in [-0.4, -0.2) is 53.2 Å². The van der Waals surface area contributed by atoms with Gasteiger partial charge in [-0.05, 0) is 36.1 Å². The van der Waals surface area contributed by atoms with Crippen molar-refractivity contribution < 1.29 is 14.4 Å². The van der Waals surface area contributed by atoms with E-state index in [4.69, 9.17) is 0 Å². The lowest BCUT2D eigenvalue weighted by Gasteiger charge is -2.39. The molecule has 2 aliphatic heterocycles. The average molecular weight is 375 g/mol. The zero-order valence-electron chi connectivity index (χ0n) is 15.4. The average Bonchev–Trinajstić information content (AvgIpc) is 3.58. The molecule has 1 N–H and O–H groups in total. The number of hydrogen-bond acceptors (Lipinski definition) is 3. The van der Waals surface area contributed by atoms with Crippen molar-refractivity contribution in [1.82, 2.24) is 9.80 Å². The Balaban J connectivity index is 1.46. The van der Waals surface area contributed by atoms with Crippen LogP contribution in [-0.2, 0) is 9.59 Å². The molecule has 142 valence electrons. The van der Waals surface area contributed by atoms with E-state index >= 15 is 0 Å². The Morgan fingerprint density at radius 1 is 0.964 bits per heavy atom. The van der Waals surface area contributed by atoms with Gasteiger partial charge in [0.05, 0.1) is 17.8 Å². The van der Waals surface area contributed by atoms with Crippen molar-refractivity contribution in [3.63, 3.8) is 0 Å². The minimum Gasteiger partial charge on any atom is -0.338 e. The predicted molar refractivity (Wildman–Crippen MR) is 105 cm³/mol. The van der Waals surface area contributed by atoms with Crippen LogP contribution in [0.2, 0.25) is 0 Å². The van der Waals surface area contributed by atoms with Crippen LogP contribution < -0.4 is 5.32 Å². The van der Waals surface area contributed by atoms with Crippen molar-refractivity contribution in [3.05, 3.63) is 54.1 Å². The van der Waals surface area contributed by atoms with Crippen molar-refractivity contribution in [2.75, 3.05) is 25.0 Å². The zero-order valence-corrected chi connectivity index (χ0v) is 15.4. The van der Waals surface area contributed by atoms with Crippen LogP contribution in [0.5, 0.6) is 0 Å². The summed E-state index contributed by atoms with van der Waals surface area (Å²) in [5, 5.41) is 2.90. The van der Waals surface area contributed by atoms with Gasteiger partial charge >= 0.3 is 0 Å². The molecule has 2 heterocycles. The SMILES string of the molecule is O=C1Nc2ccc(-c3ccccc3)cc2C(=O)N2CCN(C(=O)C3CC3)C[C@H]12. The van der Waals surface area contributed by atoms with Gasteiger partial charge in [-0.25, -0.2) is 0 Å². The maximum absolute atomic E-state index is 13.3. The number of amides is 3. The van der Waals surface area contributed by atoms with Crippen molar-refractivity contribution in [3.8, 4) is 11.1 Å². The first-order chi connectivity index (χ1) is 13.6. The molecule has 2 aromatic carbocycles. The normalized spacial score (nSPS) is 21.5. The highest BCUT2D eigenvalue weighted by atomic mass is 16.2. The molecule has 1 atom stereocenters. The summed E-state index contributed by atoms with van der Waals surface area (Å²) in [5.74, 6) is -0.155. The van der Waals surface area contributed by atoms with E-state index in [0.717, 1.165) is 24.0 Å². The summed E-state index contributed by atoms with van der Waals surface area (Å²) in [4.78, 5) is 41.9. The minimum atomic E-state index is -0.642. The van der Waals surface area contributed by atoms with Crippen LogP contribution in [0.4, 0.5) is 5.69 Å². The molecule has 3 aliphatic rings. The van der Waals surface area contributed by atoms with Gasteiger partial charge in [-0.3, -0.25) is 14.4 Å². The van der Waals surface area contributed by atoms with Crippen LogP contribution in [0.15, 0.2) is 48.5 Å². The minimum absolute atomic E-state index is 0.113. The smallest absolute Gasteiger partial charge is 0.256 e. The van der Waals surface area contributed by atoms with E-state index in [1.54, 1.807) is 15.9 Å². The summed E-state index contributed by atoms with van der Waals surface area (Å²) in [6.45, 7) is 1.13. The van der Waals surface area contributed by atoms with Gasteiger partial charge < -0.3 is 15.1 Å². The van der Waals surface area contributed by atoms with Crippen LogP contribution in [0.3, 0.4) is 0 Å². The standard InChI is InChI=1S/C22H21N3O3/c26-20-19-13-24(21(27)15-6-7-15)10-11-25(19)22(28)17-12-16(8-9-18(17)23-20)14-4-2-1-3-5-14/h1-5,8-9,12,15,19H,6-7,10-11,13H2,(H,23,26)/t19-/m1/s1. The first-order valence-corrected chi connectivity index (χ1v) is 9.72. The Morgan fingerprint density at radius 3 is 2.50 bits per heavy atom. The first-order valence-electron chi connectivity index (χ1n) is 9.72. The Labute approximate surface area is 163 Å². The number of carbonyl (C=O) groups is 3. The molecule has 1 saturated carbocycles. The molecule has 0 aromatic heterocycles. The number of nitrogens with one attached hydrogen (secondary N) is 1. The lowest BCUT2D eigenvalue weighted by atomic mass is 10.0. The van der Waals surface area contributed by atoms with E-state index in [1.165, 1.54) is 0 Å². The van der Waals surface area contributed by atoms with E-state index in [9.17, 15) is 14.4 Å². The molecular formula is C22H21N3O3.